The summed E-state index contributed by atoms with van der Waals surface area (Å²) in [6.07, 6.45) is 4.14. The third kappa shape index (κ3) is 10.8. The summed E-state index contributed by atoms with van der Waals surface area (Å²) in [5.41, 5.74) is 6.40. The van der Waals surface area contributed by atoms with Crippen LogP contribution in [0.1, 0.15) is 52.2 Å². The lowest BCUT2D eigenvalue weighted by Crippen LogP contribution is -2.57. The van der Waals surface area contributed by atoms with Crippen molar-refractivity contribution in [3.05, 3.63) is 96.1 Å². The fourth-order valence-electron chi connectivity index (χ4n) is 5.19. The van der Waals surface area contributed by atoms with E-state index in [1.165, 1.54) is 22.8 Å². The first-order chi connectivity index (χ1) is 21.6. The molecule has 0 fully saturated rings. The maximum atomic E-state index is 14.4. The maximum Gasteiger partial charge on any atom is 0.303 e. The molecule has 0 aromatic heterocycles. The van der Waals surface area contributed by atoms with E-state index in [2.05, 4.69) is 5.32 Å². The summed E-state index contributed by atoms with van der Waals surface area (Å²) in [5, 5.41) is 4.97. The Morgan fingerprint density at radius 2 is 1.43 bits per heavy atom. The minimum absolute atomic E-state index is 0.0555. The molecule has 0 bridgehead atoms. The lowest BCUT2D eigenvalue weighted by molar-refractivity contribution is -0.154. The third-order valence-electron chi connectivity index (χ3n) is 7.75. The average Bonchev–Trinajstić information content (AvgIpc) is 2.99. The van der Waals surface area contributed by atoms with E-state index in [0.29, 0.717) is 6.42 Å². The number of ether oxygens (including phenoxy) is 1. The van der Waals surface area contributed by atoms with E-state index in [9.17, 15) is 19.2 Å². The van der Waals surface area contributed by atoms with E-state index in [-0.39, 0.29) is 31.2 Å². The van der Waals surface area contributed by atoms with Crippen molar-refractivity contribution in [2.75, 3.05) is 20.6 Å². The van der Waals surface area contributed by atoms with Crippen LogP contribution in [0.25, 0.3) is 10.8 Å². The number of hydrogen-bond acceptors (Lipinski definition) is 6. The zero-order chi connectivity index (χ0) is 34.1. The summed E-state index contributed by atoms with van der Waals surface area (Å²) in [6.45, 7) is 8.52. The van der Waals surface area contributed by atoms with Crippen LogP contribution in [0.15, 0.2) is 84.9 Å². The Hall–Kier alpha value is -4.50. The molecule has 0 saturated carbocycles. The molecule has 3 N–H and O–H groups in total. The first-order valence-electron chi connectivity index (χ1n) is 15.5. The second-order valence-electron chi connectivity index (χ2n) is 13.2. The predicted octanol–water partition coefficient (Wildman–Crippen LogP) is 4.42. The Morgan fingerprint density at radius 1 is 0.826 bits per heavy atom. The van der Waals surface area contributed by atoms with E-state index in [1.807, 2.05) is 86.6 Å². The van der Waals surface area contributed by atoms with Gasteiger partial charge in [-0.25, -0.2) is 0 Å². The number of rotatable bonds is 14. The SMILES string of the molecule is CC(=O)OC(C)(C)CNC(=O)C(Cc1ccccc1)N(C)C(=O)C(Cc1ccc2ccccc2c1)N(C)C(=O)/C=C/CC(C)(C)N. The quantitative estimate of drug-likeness (QED) is 0.201. The minimum atomic E-state index is -0.947. The van der Waals surface area contributed by atoms with Crippen molar-refractivity contribution in [2.24, 2.45) is 5.73 Å². The maximum absolute atomic E-state index is 14.4. The van der Waals surface area contributed by atoms with Crippen molar-refractivity contribution in [3.63, 3.8) is 0 Å². The first kappa shape index (κ1) is 36.0. The van der Waals surface area contributed by atoms with Crippen LogP contribution in [-0.4, -0.2) is 77.4 Å². The van der Waals surface area contributed by atoms with Crippen molar-refractivity contribution < 1.29 is 23.9 Å². The number of nitrogens with zero attached hydrogens (tertiary/aromatic N) is 2. The molecule has 46 heavy (non-hydrogen) atoms. The average molecular weight is 629 g/mol. The highest BCUT2D eigenvalue weighted by atomic mass is 16.6. The molecule has 246 valence electrons. The summed E-state index contributed by atoms with van der Waals surface area (Å²) in [5.74, 6) is -1.58. The fraction of sp³-hybridized carbons (Fsp3) is 0.405. The molecule has 2 unspecified atom stereocenters. The molecule has 3 aromatic rings. The molecule has 3 rings (SSSR count). The summed E-state index contributed by atoms with van der Waals surface area (Å²) in [7, 11) is 3.19. The minimum Gasteiger partial charge on any atom is -0.458 e. The van der Waals surface area contributed by atoms with Gasteiger partial charge in [-0.1, -0.05) is 78.9 Å². The van der Waals surface area contributed by atoms with Gasteiger partial charge in [0.1, 0.15) is 17.7 Å². The lowest BCUT2D eigenvalue weighted by Gasteiger charge is -2.35. The second-order valence-corrected chi connectivity index (χ2v) is 13.2. The number of hydrogen-bond donors (Lipinski definition) is 2. The summed E-state index contributed by atoms with van der Waals surface area (Å²) >= 11 is 0. The van der Waals surface area contributed by atoms with Gasteiger partial charge >= 0.3 is 5.97 Å². The molecule has 0 aliphatic carbocycles. The molecule has 3 amide bonds. The van der Waals surface area contributed by atoms with Crippen LogP contribution in [0.4, 0.5) is 0 Å². The number of amides is 3. The normalized spacial score (nSPS) is 13.2. The van der Waals surface area contributed by atoms with Gasteiger partial charge < -0.3 is 25.6 Å². The Morgan fingerprint density at radius 3 is 2.07 bits per heavy atom. The Kier molecular flexibility index (Phi) is 12.3. The van der Waals surface area contributed by atoms with Gasteiger partial charge in [0.15, 0.2) is 0 Å². The number of nitrogens with one attached hydrogen (secondary N) is 1. The van der Waals surface area contributed by atoms with Gasteiger partial charge in [-0.05, 0) is 62.1 Å². The highest BCUT2D eigenvalue weighted by molar-refractivity contribution is 5.95. The highest BCUT2D eigenvalue weighted by Crippen LogP contribution is 2.20. The zero-order valence-corrected chi connectivity index (χ0v) is 28.1. The van der Waals surface area contributed by atoms with Crippen LogP contribution in [-0.2, 0) is 36.8 Å². The van der Waals surface area contributed by atoms with Crippen LogP contribution >= 0.6 is 0 Å². The third-order valence-corrected chi connectivity index (χ3v) is 7.75. The molecule has 9 heteroatoms. The van der Waals surface area contributed by atoms with Gasteiger partial charge in [0.2, 0.25) is 17.7 Å². The van der Waals surface area contributed by atoms with Gasteiger partial charge in [0, 0.05) is 39.4 Å². The lowest BCUT2D eigenvalue weighted by atomic mass is 9.98. The molecule has 3 aromatic carbocycles. The Balaban J connectivity index is 1.95. The summed E-state index contributed by atoms with van der Waals surface area (Å²) in [4.78, 5) is 56.0. The number of fused-ring (bicyclic) bond motifs is 1. The van der Waals surface area contributed by atoms with E-state index in [0.717, 1.165) is 21.9 Å². The molecular formula is C37H48N4O5. The molecule has 2 atom stereocenters. The van der Waals surface area contributed by atoms with Crippen molar-refractivity contribution >= 4 is 34.5 Å². The van der Waals surface area contributed by atoms with Crippen molar-refractivity contribution in [2.45, 2.75) is 77.1 Å². The van der Waals surface area contributed by atoms with Crippen LogP contribution < -0.4 is 11.1 Å². The van der Waals surface area contributed by atoms with E-state index >= 15 is 0 Å². The largest absolute Gasteiger partial charge is 0.458 e. The zero-order valence-electron chi connectivity index (χ0n) is 28.1. The number of benzene rings is 3. The Labute approximate surface area is 272 Å². The number of nitrogens with two attached hydrogens (primary N) is 1. The Bertz CT molecular complexity index is 1540. The molecule has 0 spiro atoms. The monoisotopic (exact) mass is 628 g/mol. The molecule has 0 radical (unpaired) electrons. The number of carbonyl (C=O) groups is 4. The van der Waals surface area contributed by atoms with E-state index < -0.39 is 35.1 Å². The molecule has 0 aliphatic rings. The summed E-state index contributed by atoms with van der Waals surface area (Å²) in [6, 6.07) is 21.5. The first-order valence-corrected chi connectivity index (χ1v) is 15.5. The van der Waals surface area contributed by atoms with Crippen LogP contribution in [0, 0.1) is 0 Å². The van der Waals surface area contributed by atoms with Gasteiger partial charge in [-0.3, -0.25) is 19.2 Å². The standard InChI is InChI=1S/C37H48N4O5/c1-26(42)46-37(4,5)25-39-34(44)31(23-27-14-9-8-10-15-27)41(7)35(45)32(40(6)33(43)18-13-21-36(2,3)38)24-28-19-20-29-16-11-12-17-30(29)22-28/h8-20,22,31-32H,21,23-25,38H2,1-7H3,(H,39,44)/b18-13+. The van der Waals surface area contributed by atoms with Gasteiger partial charge in [-0.2, -0.15) is 0 Å². The van der Waals surface area contributed by atoms with Crippen molar-refractivity contribution in [1.82, 2.24) is 15.1 Å². The molecule has 0 aliphatic heterocycles. The van der Waals surface area contributed by atoms with Crippen molar-refractivity contribution in [3.8, 4) is 0 Å². The summed E-state index contributed by atoms with van der Waals surface area (Å²) < 4.78 is 5.35. The molecular weight excluding hydrogens is 580 g/mol. The van der Waals surface area contributed by atoms with Crippen molar-refractivity contribution in [1.29, 1.82) is 0 Å². The fourth-order valence-corrected chi connectivity index (χ4v) is 5.19. The topological polar surface area (TPSA) is 122 Å². The van der Waals surface area contributed by atoms with Crippen LogP contribution in [0.3, 0.4) is 0 Å². The molecule has 0 saturated heterocycles. The van der Waals surface area contributed by atoms with E-state index in [1.54, 1.807) is 34.0 Å². The molecule has 9 nitrogen and oxygen atoms in total. The van der Waals surface area contributed by atoms with Crippen LogP contribution in [0.5, 0.6) is 0 Å². The molecule has 0 heterocycles. The van der Waals surface area contributed by atoms with E-state index in [4.69, 9.17) is 10.5 Å². The highest BCUT2D eigenvalue weighted by Gasteiger charge is 2.35. The van der Waals surface area contributed by atoms with Gasteiger partial charge in [0.05, 0.1) is 6.54 Å². The number of likely N-dealkylation sites (N-methyl/N-ethyl adjacent to an activating group) is 2. The van der Waals surface area contributed by atoms with Gasteiger partial charge in [0.25, 0.3) is 0 Å². The number of esters is 1. The van der Waals surface area contributed by atoms with Gasteiger partial charge in [-0.15, -0.1) is 0 Å². The second kappa shape index (κ2) is 15.7. The smallest absolute Gasteiger partial charge is 0.303 e. The number of carbonyl (C=O) groups excluding carboxylic acids is 4. The van der Waals surface area contributed by atoms with Crippen LogP contribution in [0.2, 0.25) is 0 Å². The predicted molar refractivity (Wildman–Crippen MR) is 182 cm³/mol.